The molecule has 1 N–H and O–H groups in total. The molecular formula is C17H17N3O5S2. The second-order valence-electron chi connectivity index (χ2n) is 5.66. The van der Waals surface area contributed by atoms with E-state index in [1.807, 2.05) is 17.5 Å². The van der Waals surface area contributed by atoms with Crippen LogP contribution in [0.5, 0.6) is 0 Å². The van der Waals surface area contributed by atoms with Gasteiger partial charge in [-0.3, -0.25) is 4.79 Å². The number of nitrogens with one attached hydrogen (secondary N) is 1. The molecule has 8 nitrogen and oxygen atoms in total. The molecule has 3 rings (SSSR count). The van der Waals surface area contributed by atoms with Crippen molar-refractivity contribution in [1.82, 2.24) is 14.9 Å². The highest BCUT2D eigenvalue weighted by atomic mass is 32.2. The number of benzene rings is 1. The normalized spacial score (nSPS) is 13.9. The van der Waals surface area contributed by atoms with Gasteiger partial charge in [-0.25, -0.2) is 8.42 Å². The van der Waals surface area contributed by atoms with E-state index in [0.29, 0.717) is 5.89 Å². The fourth-order valence-corrected chi connectivity index (χ4v) is 4.03. The van der Waals surface area contributed by atoms with Gasteiger partial charge in [0.25, 0.3) is 11.8 Å². The maximum atomic E-state index is 12.3. The van der Waals surface area contributed by atoms with Crippen molar-refractivity contribution in [3.63, 3.8) is 0 Å². The second-order valence-corrected chi connectivity index (χ2v) is 8.32. The SMILES string of the molecule is CC(OC(=O)[C@H](C)NS(=O)(=O)c1ccccc1)c1nnc(-c2cccs2)o1. The summed E-state index contributed by atoms with van der Waals surface area (Å²) >= 11 is 1.44. The largest absolute Gasteiger partial charge is 0.451 e. The van der Waals surface area contributed by atoms with Gasteiger partial charge in [0.1, 0.15) is 6.04 Å². The Morgan fingerprint density at radius 3 is 2.56 bits per heavy atom. The van der Waals surface area contributed by atoms with Gasteiger partial charge < -0.3 is 9.15 Å². The minimum atomic E-state index is -3.83. The van der Waals surface area contributed by atoms with Crippen LogP contribution in [0.15, 0.2) is 57.2 Å². The van der Waals surface area contributed by atoms with Crippen molar-refractivity contribution in [3.8, 4) is 10.8 Å². The molecule has 0 bridgehead atoms. The van der Waals surface area contributed by atoms with Gasteiger partial charge in [0.15, 0.2) is 6.10 Å². The highest BCUT2D eigenvalue weighted by molar-refractivity contribution is 7.89. The molecule has 0 aliphatic rings. The Kier molecular flexibility index (Phi) is 5.68. The quantitative estimate of drug-likeness (QED) is 0.599. The van der Waals surface area contributed by atoms with Crippen LogP contribution >= 0.6 is 11.3 Å². The molecule has 1 unspecified atom stereocenters. The average Bonchev–Trinajstić information content (AvgIpc) is 3.33. The lowest BCUT2D eigenvalue weighted by Crippen LogP contribution is -2.39. The standard InChI is InChI=1S/C17H17N3O5S2/c1-11(20-27(22,23)13-7-4-3-5-8-13)17(21)24-12(2)15-18-19-16(25-15)14-9-6-10-26-14/h3-12,20H,1-2H3/t11-,12?/m0/s1. The predicted molar refractivity (Wildman–Crippen MR) is 98.3 cm³/mol. The van der Waals surface area contributed by atoms with Crippen molar-refractivity contribution in [1.29, 1.82) is 0 Å². The monoisotopic (exact) mass is 407 g/mol. The van der Waals surface area contributed by atoms with Crippen molar-refractivity contribution in [2.75, 3.05) is 0 Å². The lowest BCUT2D eigenvalue weighted by atomic mass is 10.3. The lowest BCUT2D eigenvalue weighted by molar-refractivity contribution is -0.151. The van der Waals surface area contributed by atoms with Gasteiger partial charge in [-0.05, 0) is 37.4 Å². The van der Waals surface area contributed by atoms with E-state index < -0.39 is 28.1 Å². The molecule has 0 saturated carbocycles. The topological polar surface area (TPSA) is 111 Å². The van der Waals surface area contributed by atoms with E-state index >= 15 is 0 Å². The smallest absolute Gasteiger partial charge is 0.324 e. The van der Waals surface area contributed by atoms with E-state index in [1.54, 1.807) is 25.1 Å². The van der Waals surface area contributed by atoms with Gasteiger partial charge in [-0.1, -0.05) is 24.3 Å². The highest BCUT2D eigenvalue weighted by Gasteiger charge is 2.26. The summed E-state index contributed by atoms with van der Waals surface area (Å²) in [6, 6.07) is 10.4. The summed E-state index contributed by atoms with van der Waals surface area (Å²) < 4.78 is 37.6. The molecule has 1 aromatic carbocycles. The van der Waals surface area contributed by atoms with Gasteiger partial charge in [0.05, 0.1) is 9.77 Å². The predicted octanol–water partition coefficient (Wildman–Crippen LogP) is 2.77. The fraction of sp³-hybridized carbons (Fsp3) is 0.235. The van der Waals surface area contributed by atoms with Crippen LogP contribution in [0.4, 0.5) is 0 Å². The number of carbonyl (C=O) groups excluding carboxylic acids is 1. The van der Waals surface area contributed by atoms with E-state index in [2.05, 4.69) is 14.9 Å². The first-order valence-corrected chi connectivity index (χ1v) is 10.4. The molecule has 0 spiro atoms. The van der Waals surface area contributed by atoms with E-state index in [4.69, 9.17) is 9.15 Å². The van der Waals surface area contributed by atoms with Gasteiger partial charge >= 0.3 is 5.97 Å². The summed E-state index contributed by atoms with van der Waals surface area (Å²) in [6.45, 7) is 2.97. The second kappa shape index (κ2) is 7.99. The molecule has 3 aromatic rings. The molecule has 2 heterocycles. The summed E-state index contributed by atoms with van der Waals surface area (Å²) in [7, 11) is -3.83. The van der Waals surface area contributed by atoms with Crippen LogP contribution in [0, 0.1) is 0 Å². The van der Waals surface area contributed by atoms with Crippen molar-refractivity contribution >= 4 is 27.3 Å². The number of ether oxygens (including phenoxy) is 1. The van der Waals surface area contributed by atoms with Crippen LogP contribution in [0.2, 0.25) is 0 Å². The molecule has 2 aromatic heterocycles. The van der Waals surface area contributed by atoms with Gasteiger partial charge in [-0.15, -0.1) is 21.5 Å². The molecule has 27 heavy (non-hydrogen) atoms. The number of aromatic nitrogens is 2. The van der Waals surface area contributed by atoms with Crippen LogP contribution in [0.1, 0.15) is 25.8 Å². The zero-order chi connectivity index (χ0) is 19.4. The highest BCUT2D eigenvalue weighted by Crippen LogP contribution is 2.26. The van der Waals surface area contributed by atoms with Crippen LogP contribution in [0.25, 0.3) is 10.8 Å². The number of rotatable bonds is 7. The van der Waals surface area contributed by atoms with Gasteiger partial charge in [0.2, 0.25) is 10.0 Å². The number of thiophene rings is 1. The summed E-state index contributed by atoms with van der Waals surface area (Å²) in [6.07, 6.45) is -0.817. The van der Waals surface area contributed by atoms with Gasteiger partial charge in [-0.2, -0.15) is 4.72 Å². The first-order valence-electron chi connectivity index (χ1n) is 8.02. The van der Waals surface area contributed by atoms with E-state index in [1.165, 1.54) is 30.4 Å². The molecule has 0 radical (unpaired) electrons. The Morgan fingerprint density at radius 1 is 1.15 bits per heavy atom. The molecule has 0 aliphatic carbocycles. The van der Waals surface area contributed by atoms with Crippen molar-refractivity contribution < 1.29 is 22.4 Å². The Labute approximate surface area is 160 Å². The number of esters is 1. The minimum absolute atomic E-state index is 0.0650. The van der Waals surface area contributed by atoms with Crippen molar-refractivity contribution in [2.24, 2.45) is 0 Å². The Bertz CT molecular complexity index is 1000. The Balaban J connectivity index is 1.62. The summed E-state index contributed by atoms with van der Waals surface area (Å²) in [5, 5.41) is 9.68. The molecule has 0 saturated heterocycles. The summed E-state index contributed by atoms with van der Waals surface area (Å²) in [5.41, 5.74) is 0. The summed E-state index contributed by atoms with van der Waals surface area (Å²) in [5.74, 6) is -0.288. The maximum absolute atomic E-state index is 12.3. The van der Waals surface area contributed by atoms with Crippen LogP contribution in [-0.4, -0.2) is 30.6 Å². The first kappa shape index (κ1) is 19.2. The fourth-order valence-electron chi connectivity index (χ4n) is 2.17. The van der Waals surface area contributed by atoms with Crippen molar-refractivity contribution in [2.45, 2.75) is 30.9 Å². The third-order valence-corrected chi connectivity index (χ3v) is 5.97. The minimum Gasteiger partial charge on any atom is -0.451 e. The number of nitrogens with zero attached hydrogens (tertiary/aromatic N) is 2. The molecule has 2 atom stereocenters. The molecular weight excluding hydrogens is 390 g/mol. The Morgan fingerprint density at radius 2 is 1.89 bits per heavy atom. The zero-order valence-electron chi connectivity index (χ0n) is 14.5. The van der Waals surface area contributed by atoms with E-state index in [-0.39, 0.29) is 10.8 Å². The first-order chi connectivity index (χ1) is 12.9. The van der Waals surface area contributed by atoms with E-state index in [9.17, 15) is 13.2 Å². The zero-order valence-corrected chi connectivity index (χ0v) is 16.2. The number of hydrogen-bond acceptors (Lipinski definition) is 8. The Hall–Kier alpha value is -2.56. The number of hydrogen-bond donors (Lipinski definition) is 1. The number of carbonyl (C=O) groups is 1. The number of sulfonamides is 1. The lowest BCUT2D eigenvalue weighted by Gasteiger charge is -2.16. The van der Waals surface area contributed by atoms with Gasteiger partial charge in [0, 0.05) is 0 Å². The third kappa shape index (κ3) is 4.59. The van der Waals surface area contributed by atoms with Crippen LogP contribution < -0.4 is 4.72 Å². The molecule has 142 valence electrons. The third-order valence-electron chi connectivity index (χ3n) is 3.55. The van der Waals surface area contributed by atoms with E-state index in [0.717, 1.165) is 4.88 Å². The maximum Gasteiger partial charge on any atom is 0.324 e. The molecule has 0 aliphatic heterocycles. The molecule has 10 heteroatoms. The van der Waals surface area contributed by atoms with Crippen LogP contribution in [-0.2, 0) is 19.6 Å². The average molecular weight is 407 g/mol. The summed E-state index contributed by atoms with van der Waals surface area (Å²) in [4.78, 5) is 13.1. The molecule has 0 amide bonds. The van der Waals surface area contributed by atoms with Crippen molar-refractivity contribution in [3.05, 3.63) is 53.7 Å². The molecule has 0 fully saturated rings. The van der Waals surface area contributed by atoms with Crippen LogP contribution in [0.3, 0.4) is 0 Å².